The molecule has 1 amide bonds. The Morgan fingerprint density at radius 1 is 1.47 bits per heavy atom. The van der Waals surface area contributed by atoms with Crippen LogP contribution in [0, 0.1) is 0 Å². The largest absolute Gasteiger partial charge is 0.391 e. The summed E-state index contributed by atoms with van der Waals surface area (Å²) in [7, 11) is 0. The molecule has 106 valence electrons. The number of nitrogens with zero attached hydrogens (tertiary/aromatic N) is 2. The third kappa shape index (κ3) is 3.27. The van der Waals surface area contributed by atoms with Crippen LogP contribution in [0.15, 0.2) is 0 Å². The summed E-state index contributed by atoms with van der Waals surface area (Å²) >= 11 is 6.20. The molecule has 19 heavy (non-hydrogen) atoms. The first-order chi connectivity index (χ1) is 8.88. The number of carbonyl (C=O) groups excluding carboxylic acids is 1. The molecule has 0 saturated heterocycles. The number of nitrogens with two attached hydrogens (primary N) is 1. The molecule has 0 aliphatic rings. The number of amides is 1. The van der Waals surface area contributed by atoms with Crippen molar-refractivity contribution in [2.45, 2.75) is 52.0 Å². The SMILES string of the molecule is CCC(CC)(NC(=O)c1snnc1C(C)C)C(N)=S. The Balaban J connectivity index is 3.01. The summed E-state index contributed by atoms with van der Waals surface area (Å²) in [4.78, 5) is 13.2. The van der Waals surface area contributed by atoms with Gasteiger partial charge in [0.15, 0.2) is 0 Å². The zero-order valence-electron chi connectivity index (χ0n) is 11.7. The number of hydrogen-bond donors (Lipinski definition) is 2. The Bertz CT molecular complexity index is 466. The summed E-state index contributed by atoms with van der Waals surface area (Å²) in [5.74, 6) is -0.0443. The molecular formula is C12H20N4OS2. The Labute approximate surface area is 123 Å². The van der Waals surface area contributed by atoms with Crippen LogP contribution in [0.4, 0.5) is 0 Å². The van der Waals surface area contributed by atoms with Gasteiger partial charge in [0.2, 0.25) is 0 Å². The lowest BCUT2D eigenvalue weighted by molar-refractivity contribution is 0.0922. The fourth-order valence-electron chi connectivity index (χ4n) is 1.84. The van der Waals surface area contributed by atoms with Crippen LogP contribution < -0.4 is 11.1 Å². The van der Waals surface area contributed by atoms with Crippen LogP contribution in [-0.2, 0) is 0 Å². The zero-order valence-corrected chi connectivity index (χ0v) is 13.3. The molecule has 1 heterocycles. The van der Waals surface area contributed by atoms with Crippen molar-refractivity contribution in [3.05, 3.63) is 10.6 Å². The van der Waals surface area contributed by atoms with Crippen LogP contribution in [0.2, 0.25) is 0 Å². The van der Waals surface area contributed by atoms with E-state index in [1.54, 1.807) is 0 Å². The van der Waals surface area contributed by atoms with E-state index in [4.69, 9.17) is 18.0 Å². The number of hydrogen-bond acceptors (Lipinski definition) is 5. The van der Waals surface area contributed by atoms with Crippen molar-refractivity contribution in [3.63, 3.8) is 0 Å². The third-order valence-electron chi connectivity index (χ3n) is 3.30. The third-order valence-corrected chi connectivity index (χ3v) is 4.43. The minimum Gasteiger partial charge on any atom is -0.391 e. The molecule has 1 aromatic heterocycles. The van der Waals surface area contributed by atoms with E-state index in [2.05, 4.69) is 14.9 Å². The Hall–Kier alpha value is -1.08. The maximum absolute atomic E-state index is 12.4. The van der Waals surface area contributed by atoms with Crippen molar-refractivity contribution in [1.82, 2.24) is 14.9 Å². The van der Waals surface area contributed by atoms with Gasteiger partial charge < -0.3 is 11.1 Å². The van der Waals surface area contributed by atoms with Gasteiger partial charge in [-0.05, 0) is 30.3 Å². The van der Waals surface area contributed by atoms with E-state index in [9.17, 15) is 4.79 Å². The van der Waals surface area contributed by atoms with E-state index in [-0.39, 0.29) is 11.8 Å². The predicted octanol–water partition coefficient (Wildman–Crippen LogP) is 2.24. The quantitative estimate of drug-likeness (QED) is 0.787. The molecule has 1 aromatic rings. The maximum Gasteiger partial charge on any atom is 0.265 e. The molecule has 0 aliphatic heterocycles. The first-order valence-electron chi connectivity index (χ1n) is 6.32. The molecule has 0 unspecified atom stereocenters. The highest BCUT2D eigenvalue weighted by Crippen LogP contribution is 2.22. The van der Waals surface area contributed by atoms with Crippen molar-refractivity contribution in [1.29, 1.82) is 0 Å². The van der Waals surface area contributed by atoms with Crippen molar-refractivity contribution < 1.29 is 4.79 Å². The lowest BCUT2D eigenvalue weighted by Crippen LogP contribution is -2.56. The van der Waals surface area contributed by atoms with Crippen LogP contribution in [0.3, 0.4) is 0 Å². The van der Waals surface area contributed by atoms with Gasteiger partial charge in [0, 0.05) is 0 Å². The minimum atomic E-state index is -0.634. The summed E-state index contributed by atoms with van der Waals surface area (Å²) < 4.78 is 3.86. The van der Waals surface area contributed by atoms with Gasteiger partial charge in [-0.2, -0.15) is 0 Å². The van der Waals surface area contributed by atoms with Gasteiger partial charge in [0.1, 0.15) is 4.88 Å². The van der Waals surface area contributed by atoms with Crippen LogP contribution in [0.5, 0.6) is 0 Å². The smallest absolute Gasteiger partial charge is 0.265 e. The fourth-order valence-corrected chi connectivity index (χ4v) is 2.90. The summed E-state index contributed by atoms with van der Waals surface area (Å²) in [6.07, 6.45) is 1.32. The molecule has 0 bridgehead atoms. The van der Waals surface area contributed by atoms with E-state index in [1.165, 1.54) is 0 Å². The molecular weight excluding hydrogens is 280 g/mol. The highest BCUT2D eigenvalue weighted by Gasteiger charge is 2.33. The number of carbonyl (C=O) groups is 1. The lowest BCUT2D eigenvalue weighted by Gasteiger charge is -2.31. The molecule has 3 N–H and O–H groups in total. The number of nitrogens with one attached hydrogen (secondary N) is 1. The van der Waals surface area contributed by atoms with E-state index in [0.29, 0.717) is 28.4 Å². The van der Waals surface area contributed by atoms with Gasteiger partial charge in [0.25, 0.3) is 5.91 Å². The molecule has 0 saturated carbocycles. The van der Waals surface area contributed by atoms with Gasteiger partial charge in [0.05, 0.1) is 16.2 Å². The predicted molar refractivity (Wildman–Crippen MR) is 81.6 cm³/mol. The Morgan fingerprint density at radius 3 is 2.47 bits per heavy atom. The molecule has 5 nitrogen and oxygen atoms in total. The van der Waals surface area contributed by atoms with Crippen molar-refractivity contribution >= 4 is 34.6 Å². The average molecular weight is 300 g/mol. The highest BCUT2D eigenvalue weighted by molar-refractivity contribution is 7.80. The second-order valence-electron chi connectivity index (χ2n) is 4.75. The molecule has 0 radical (unpaired) electrons. The summed E-state index contributed by atoms with van der Waals surface area (Å²) in [6, 6.07) is 0. The Morgan fingerprint density at radius 2 is 2.05 bits per heavy atom. The highest BCUT2D eigenvalue weighted by atomic mass is 32.1. The molecule has 0 aliphatic carbocycles. The van der Waals surface area contributed by atoms with Gasteiger partial charge >= 0.3 is 0 Å². The van der Waals surface area contributed by atoms with Gasteiger partial charge in [-0.15, -0.1) is 5.10 Å². The second kappa shape index (κ2) is 6.38. The van der Waals surface area contributed by atoms with Crippen molar-refractivity contribution in [3.8, 4) is 0 Å². The van der Waals surface area contributed by atoms with Gasteiger partial charge in [-0.3, -0.25) is 4.79 Å². The molecule has 0 fully saturated rings. The summed E-state index contributed by atoms with van der Waals surface area (Å²) in [6.45, 7) is 7.87. The maximum atomic E-state index is 12.4. The van der Waals surface area contributed by atoms with Crippen LogP contribution in [0.1, 0.15) is 61.8 Å². The van der Waals surface area contributed by atoms with E-state index in [0.717, 1.165) is 11.5 Å². The van der Waals surface area contributed by atoms with Crippen molar-refractivity contribution in [2.75, 3.05) is 0 Å². The molecule has 7 heteroatoms. The monoisotopic (exact) mass is 300 g/mol. The summed E-state index contributed by atoms with van der Waals surface area (Å²) in [5, 5.41) is 6.96. The number of thiocarbonyl (C=S) groups is 1. The van der Waals surface area contributed by atoms with Gasteiger partial charge in [-0.25, -0.2) is 0 Å². The fraction of sp³-hybridized carbons (Fsp3) is 0.667. The van der Waals surface area contributed by atoms with Crippen LogP contribution in [-0.4, -0.2) is 26.0 Å². The topological polar surface area (TPSA) is 80.9 Å². The van der Waals surface area contributed by atoms with Gasteiger partial charge in [-0.1, -0.05) is 44.4 Å². The second-order valence-corrected chi connectivity index (χ2v) is 5.94. The minimum absolute atomic E-state index is 0.155. The standard InChI is InChI=1S/C12H20N4OS2/c1-5-12(6-2,11(13)18)14-10(17)9-8(7(3)4)15-16-19-9/h7H,5-6H2,1-4H3,(H2,13,18)(H,14,17). The van der Waals surface area contributed by atoms with Crippen LogP contribution in [0.25, 0.3) is 0 Å². The number of rotatable bonds is 6. The molecule has 0 aromatic carbocycles. The van der Waals surface area contributed by atoms with E-state index < -0.39 is 5.54 Å². The first-order valence-corrected chi connectivity index (χ1v) is 7.50. The normalized spacial score (nSPS) is 11.6. The molecule has 1 rings (SSSR count). The van der Waals surface area contributed by atoms with E-state index >= 15 is 0 Å². The Kier molecular flexibility index (Phi) is 5.37. The average Bonchev–Trinajstić information content (AvgIpc) is 2.84. The molecule has 0 spiro atoms. The lowest BCUT2D eigenvalue weighted by atomic mass is 9.92. The number of aromatic nitrogens is 2. The van der Waals surface area contributed by atoms with Crippen LogP contribution >= 0.6 is 23.8 Å². The van der Waals surface area contributed by atoms with Crippen molar-refractivity contribution in [2.24, 2.45) is 5.73 Å². The van der Waals surface area contributed by atoms with E-state index in [1.807, 2.05) is 27.7 Å². The first kappa shape index (κ1) is 16.0. The molecule has 0 atom stereocenters. The zero-order chi connectivity index (χ0) is 14.6. The summed E-state index contributed by atoms with van der Waals surface area (Å²) in [5.41, 5.74) is 5.86.